The van der Waals surface area contributed by atoms with Gasteiger partial charge in [-0.3, -0.25) is 9.59 Å². The van der Waals surface area contributed by atoms with Gasteiger partial charge in [-0.25, -0.2) is 4.79 Å². The molecule has 0 radical (unpaired) electrons. The van der Waals surface area contributed by atoms with E-state index in [2.05, 4.69) is 5.32 Å². The van der Waals surface area contributed by atoms with Gasteiger partial charge in [-0.1, -0.05) is 6.07 Å². The highest BCUT2D eigenvalue weighted by Gasteiger charge is 2.35. The van der Waals surface area contributed by atoms with Crippen molar-refractivity contribution < 1.29 is 28.6 Å². The maximum absolute atomic E-state index is 12.7. The lowest BCUT2D eigenvalue weighted by Gasteiger charge is -2.32. The molecular formula is C23H33N3O6. The van der Waals surface area contributed by atoms with E-state index < -0.39 is 0 Å². The van der Waals surface area contributed by atoms with Gasteiger partial charge >= 0.3 is 6.09 Å². The van der Waals surface area contributed by atoms with Gasteiger partial charge in [0.25, 0.3) is 0 Å². The number of likely N-dealkylation sites (tertiary alicyclic amines) is 2. The lowest BCUT2D eigenvalue weighted by atomic mass is 10.0. The van der Waals surface area contributed by atoms with Crippen molar-refractivity contribution in [1.82, 2.24) is 15.1 Å². The molecule has 2 saturated heterocycles. The average molecular weight is 448 g/mol. The van der Waals surface area contributed by atoms with E-state index in [4.69, 9.17) is 14.2 Å². The fourth-order valence-corrected chi connectivity index (χ4v) is 4.20. The van der Waals surface area contributed by atoms with Crippen LogP contribution in [0.25, 0.3) is 0 Å². The Bertz CT molecular complexity index is 822. The molecule has 2 heterocycles. The summed E-state index contributed by atoms with van der Waals surface area (Å²) in [5.41, 5.74) is 1.04. The standard InChI is InChI=1S/C23H33N3O6/c1-4-32-23(29)25-11-8-18(9-12-25)24-22(28)17-14-21(27)26(15-17)10-7-16-5-6-19(30-2)20(13-16)31-3/h5-6,13,17-18H,4,7-12,14-15H2,1-3H3,(H,24,28)/t17-/m1/s1. The molecule has 1 atom stereocenters. The van der Waals surface area contributed by atoms with Crippen molar-refractivity contribution in [3.05, 3.63) is 23.8 Å². The largest absolute Gasteiger partial charge is 0.493 e. The Hall–Kier alpha value is -2.97. The van der Waals surface area contributed by atoms with E-state index in [0.29, 0.717) is 63.5 Å². The van der Waals surface area contributed by atoms with Crippen LogP contribution in [0.5, 0.6) is 11.5 Å². The zero-order chi connectivity index (χ0) is 23.1. The predicted octanol–water partition coefficient (Wildman–Crippen LogP) is 1.83. The molecule has 0 aliphatic carbocycles. The van der Waals surface area contributed by atoms with Crippen LogP contribution in [0.3, 0.4) is 0 Å². The number of methoxy groups -OCH3 is 2. The number of carbonyl (C=O) groups excluding carboxylic acids is 3. The molecule has 1 N–H and O–H groups in total. The zero-order valence-electron chi connectivity index (χ0n) is 19.1. The molecule has 3 amide bonds. The first kappa shape index (κ1) is 23.7. The highest BCUT2D eigenvalue weighted by molar-refractivity contribution is 5.89. The van der Waals surface area contributed by atoms with Crippen LogP contribution in [0, 0.1) is 5.92 Å². The summed E-state index contributed by atoms with van der Waals surface area (Å²) in [7, 11) is 3.19. The number of benzene rings is 1. The van der Waals surface area contributed by atoms with Crippen LogP contribution < -0.4 is 14.8 Å². The molecule has 1 aromatic carbocycles. The molecule has 9 nitrogen and oxygen atoms in total. The summed E-state index contributed by atoms with van der Waals surface area (Å²) in [5.74, 6) is 0.905. The minimum absolute atomic E-state index is 0.00255. The van der Waals surface area contributed by atoms with E-state index in [1.54, 1.807) is 30.9 Å². The topological polar surface area (TPSA) is 97.4 Å². The van der Waals surface area contributed by atoms with Gasteiger partial charge in [-0.2, -0.15) is 0 Å². The van der Waals surface area contributed by atoms with E-state index in [-0.39, 0.29) is 36.3 Å². The van der Waals surface area contributed by atoms with Crippen molar-refractivity contribution in [2.45, 2.75) is 38.6 Å². The van der Waals surface area contributed by atoms with Crippen molar-refractivity contribution in [3.63, 3.8) is 0 Å². The highest BCUT2D eigenvalue weighted by atomic mass is 16.6. The predicted molar refractivity (Wildman–Crippen MR) is 118 cm³/mol. The third-order valence-electron chi connectivity index (χ3n) is 6.07. The summed E-state index contributed by atoms with van der Waals surface area (Å²) in [6.45, 7) is 4.24. The number of piperidine rings is 1. The van der Waals surface area contributed by atoms with Crippen molar-refractivity contribution in [2.24, 2.45) is 5.92 Å². The summed E-state index contributed by atoms with van der Waals surface area (Å²) >= 11 is 0. The number of nitrogens with one attached hydrogen (secondary N) is 1. The van der Waals surface area contributed by atoms with Crippen LogP contribution in [-0.4, -0.2) is 80.8 Å². The molecule has 2 aliphatic rings. The van der Waals surface area contributed by atoms with E-state index in [0.717, 1.165) is 5.56 Å². The summed E-state index contributed by atoms with van der Waals surface area (Å²) in [4.78, 5) is 40.4. The van der Waals surface area contributed by atoms with E-state index in [9.17, 15) is 14.4 Å². The molecule has 0 spiro atoms. The Morgan fingerprint density at radius 1 is 1.12 bits per heavy atom. The minimum Gasteiger partial charge on any atom is -0.493 e. The summed E-state index contributed by atoms with van der Waals surface area (Å²) < 4.78 is 15.6. The maximum atomic E-state index is 12.7. The van der Waals surface area contributed by atoms with E-state index >= 15 is 0 Å². The third kappa shape index (κ3) is 5.83. The van der Waals surface area contributed by atoms with Crippen LogP contribution in [0.1, 0.15) is 31.7 Å². The zero-order valence-corrected chi connectivity index (χ0v) is 19.1. The molecule has 176 valence electrons. The monoisotopic (exact) mass is 447 g/mol. The van der Waals surface area contributed by atoms with Gasteiger partial charge in [0.05, 0.1) is 26.7 Å². The van der Waals surface area contributed by atoms with Gasteiger partial charge in [0, 0.05) is 38.6 Å². The molecule has 9 heteroatoms. The number of carbonyl (C=O) groups is 3. The van der Waals surface area contributed by atoms with Crippen molar-refractivity contribution >= 4 is 17.9 Å². The molecule has 0 aromatic heterocycles. The number of hydrogen-bond acceptors (Lipinski definition) is 6. The van der Waals surface area contributed by atoms with Crippen LogP contribution in [0.15, 0.2) is 18.2 Å². The van der Waals surface area contributed by atoms with Crippen molar-refractivity contribution in [3.8, 4) is 11.5 Å². The minimum atomic E-state index is -0.337. The second-order valence-electron chi connectivity index (χ2n) is 8.15. The highest BCUT2D eigenvalue weighted by Crippen LogP contribution is 2.28. The van der Waals surface area contributed by atoms with Gasteiger partial charge in [0.15, 0.2) is 11.5 Å². The number of rotatable bonds is 8. The molecule has 2 aliphatic heterocycles. The Labute approximate surface area is 189 Å². The SMILES string of the molecule is CCOC(=O)N1CCC(NC(=O)[C@@H]2CC(=O)N(CCc3ccc(OC)c(OC)c3)C2)CC1. The molecule has 0 saturated carbocycles. The molecule has 0 unspecified atom stereocenters. The summed E-state index contributed by atoms with van der Waals surface area (Å²) in [5, 5.41) is 3.07. The van der Waals surface area contributed by atoms with Crippen LogP contribution in [0.2, 0.25) is 0 Å². The maximum Gasteiger partial charge on any atom is 0.409 e. The summed E-state index contributed by atoms with van der Waals surface area (Å²) in [6, 6.07) is 5.73. The van der Waals surface area contributed by atoms with Crippen LogP contribution in [0.4, 0.5) is 4.79 Å². The second kappa shape index (κ2) is 11.1. The second-order valence-corrected chi connectivity index (χ2v) is 8.15. The molecule has 1 aromatic rings. The van der Waals surface area contributed by atoms with E-state index in [1.807, 2.05) is 18.2 Å². The number of ether oxygens (including phenoxy) is 3. The lowest BCUT2D eigenvalue weighted by molar-refractivity contribution is -0.129. The van der Waals surface area contributed by atoms with E-state index in [1.165, 1.54) is 0 Å². The van der Waals surface area contributed by atoms with Gasteiger partial charge in [-0.15, -0.1) is 0 Å². The molecule has 2 fully saturated rings. The van der Waals surface area contributed by atoms with Gasteiger partial charge in [0.2, 0.25) is 11.8 Å². The summed E-state index contributed by atoms with van der Waals surface area (Å²) in [6.07, 6.45) is 1.98. The normalized spacial score (nSPS) is 19.1. The quantitative estimate of drug-likeness (QED) is 0.653. The Balaban J connectivity index is 1.45. The molecule has 0 bridgehead atoms. The smallest absolute Gasteiger partial charge is 0.409 e. The Morgan fingerprint density at radius 3 is 2.50 bits per heavy atom. The lowest BCUT2D eigenvalue weighted by Crippen LogP contribution is -2.48. The fourth-order valence-electron chi connectivity index (χ4n) is 4.20. The van der Waals surface area contributed by atoms with Crippen molar-refractivity contribution in [2.75, 3.05) is 47.0 Å². The number of amides is 3. The van der Waals surface area contributed by atoms with Crippen LogP contribution >= 0.6 is 0 Å². The first-order valence-corrected chi connectivity index (χ1v) is 11.2. The molecular weight excluding hydrogens is 414 g/mol. The third-order valence-corrected chi connectivity index (χ3v) is 6.07. The Morgan fingerprint density at radius 2 is 1.84 bits per heavy atom. The van der Waals surface area contributed by atoms with Crippen molar-refractivity contribution in [1.29, 1.82) is 0 Å². The fraction of sp³-hybridized carbons (Fsp3) is 0.609. The average Bonchev–Trinajstić information content (AvgIpc) is 3.18. The number of hydrogen-bond donors (Lipinski definition) is 1. The molecule has 32 heavy (non-hydrogen) atoms. The molecule has 3 rings (SSSR count). The Kier molecular flexibility index (Phi) is 8.19. The van der Waals surface area contributed by atoms with Gasteiger partial charge < -0.3 is 29.3 Å². The van der Waals surface area contributed by atoms with Crippen LogP contribution in [-0.2, 0) is 20.7 Å². The first-order valence-electron chi connectivity index (χ1n) is 11.2. The van der Waals surface area contributed by atoms with Gasteiger partial charge in [0.1, 0.15) is 0 Å². The first-order chi connectivity index (χ1) is 15.4. The number of nitrogens with zero attached hydrogens (tertiary/aromatic N) is 2. The van der Waals surface area contributed by atoms with Gasteiger partial charge in [-0.05, 0) is 43.9 Å².